The van der Waals surface area contributed by atoms with Crippen molar-refractivity contribution in [2.75, 3.05) is 5.32 Å². The number of hydrogen-bond acceptors (Lipinski definition) is 2. The van der Waals surface area contributed by atoms with E-state index in [1.54, 1.807) is 0 Å². The number of hydrogen-bond donors (Lipinski definition) is 2. The first-order valence-electron chi connectivity index (χ1n) is 5.79. The first-order valence-corrected chi connectivity index (χ1v) is 5.79. The Morgan fingerprint density at radius 3 is 2.25 bits per heavy atom. The van der Waals surface area contributed by atoms with E-state index < -0.39 is 0 Å². The van der Waals surface area contributed by atoms with Crippen LogP contribution in [-0.2, 0) is 11.3 Å². The molecule has 3 heteroatoms. The second-order valence-corrected chi connectivity index (χ2v) is 3.96. The summed E-state index contributed by atoms with van der Waals surface area (Å²) in [5.41, 5.74) is 7.23. The third-order valence-corrected chi connectivity index (χ3v) is 2.55. The van der Waals surface area contributed by atoms with Crippen molar-refractivity contribution in [3.8, 4) is 0 Å². The van der Waals surface area contributed by atoms with E-state index in [1.807, 2.05) is 24.3 Å². The molecule has 0 saturated heterocycles. The highest BCUT2D eigenvalue weighted by atomic mass is 16.1. The topological polar surface area (TPSA) is 55.1 Å². The normalized spacial score (nSPS) is 13.1. The highest BCUT2D eigenvalue weighted by molar-refractivity contribution is 5.89. The van der Waals surface area contributed by atoms with E-state index in [1.165, 1.54) is 32.6 Å². The lowest BCUT2D eigenvalue weighted by Crippen LogP contribution is -2.09. The maximum atomic E-state index is 10.7. The largest absolute Gasteiger partial charge is 0.326 e. The van der Waals surface area contributed by atoms with Crippen LogP contribution in [0.3, 0.4) is 0 Å². The number of nitrogens with one attached hydrogen (secondary N) is 1. The van der Waals surface area contributed by atoms with E-state index in [0.717, 1.165) is 11.3 Å². The molecule has 1 aliphatic rings. The standard InChI is InChI=1S/C9H12N2O.C4H8/c1-7(12)11-9-5-3-2-4-8(9)6-10;1-2-4-3-1/h2-5H,6,10H2,1H3,(H,11,12);1-4H2. The van der Waals surface area contributed by atoms with E-state index in [4.69, 9.17) is 5.73 Å². The molecule has 0 aromatic heterocycles. The van der Waals surface area contributed by atoms with E-state index in [0.29, 0.717) is 6.54 Å². The van der Waals surface area contributed by atoms with E-state index in [-0.39, 0.29) is 5.91 Å². The summed E-state index contributed by atoms with van der Waals surface area (Å²) < 4.78 is 0. The molecule has 0 radical (unpaired) electrons. The number of para-hydroxylation sites is 1. The Morgan fingerprint density at radius 1 is 1.25 bits per heavy atom. The Balaban J connectivity index is 0.000000267. The third kappa shape index (κ3) is 4.45. The van der Waals surface area contributed by atoms with Gasteiger partial charge in [-0.1, -0.05) is 43.9 Å². The lowest BCUT2D eigenvalue weighted by Gasteiger charge is -2.06. The zero-order chi connectivity index (χ0) is 11.8. The number of carbonyl (C=O) groups excluding carboxylic acids is 1. The molecule has 0 bridgehead atoms. The molecule has 1 aliphatic carbocycles. The van der Waals surface area contributed by atoms with Crippen LogP contribution in [0.25, 0.3) is 0 Å². The van der Waals surface area contributed by atoms with Gasteiger partial charge in [-0.05, 0) is 11.6 Å². The van der Waals surface area contributed by atoms with Crippen LogP contribution >= 0.6 is 0 Å². The van der Waals surface area contributed by atoms with Crippen LogP contribution in [0.4, 0.5) is 5.69 Å². The molecule has 0 atom stereocenters. The Kier molecular flexibility index (Phi) is 5.57. The Hall–Kier alpha value is -1.35. The molecule has 16 heavy (non-hydrogen) atoms. The average molecular weight is 220 g/mol. The van der Waals surface area contributed by atoms with Gasteiger partial charge in [-0.3, -0.25) is 4.79 Å². The van der Waals surface area contributed by atoms with Gasteiger partial charge in [-0.2, -0.15) is 0 Å². The van der Waals surface area contributed by atoms with Crippen molar-refractivity contribution >= 4 is 11.6 Å². The van der Waals surface area contributed by atoms with Crippen molar-refractivity contribution in [1.29, 1.82) is 0 Å². The fraction of sp³-hybridized carbons (Fsp3) is 0.462. The van der Waals surface area contributed by atoms with Gasteiger partial charge in [0.15, 0.2) is 0 Å². The molecule has 1 fully saturated rings. The van der Waals surface area contributed by atoms with E-state index >= 15 is 0 Å². The van der Waals surface area contributed by atoms with Crippen molar-refractivity contribution in [3.63, 3.8) is 0 Å². The molecule has 2 rings (SSSR count). The smallest absolute Gasteiger partial charge is 0.221 e. The van der Waals surface area contributed by atoms with Gasteiger partial charge in [0.1, 0.15) is 0 Å². The monoisotopic (exact) mass is 220 g/mol. The lowest BCUT2D eigenvalue weighted by atomic mass is 10.0. The van der Waals surface area contributed by atoms with Gasteiger partial charge in [-0.25, -0.2) is 0 Å². The molecule has 88 valence electrons. The molecule has 0 aliphatic heterocycles. The lowest BCUT2D eigenvalue weighted by molar-refractivity contribution is -0.114. The van der Waals surface area contributed by atoms with Crippen LogP contribution in [0.2, 0.25) is 0 Å². The van der Waals surface area contributed by atoms with Crippen LogP contribution in [0, 0.1) is 0 Å². The highest BCUT2D eigenvalue weighted by Gasteiger charge is 1.99. The SMILES string of the molecule is C1CCC1.CC(=O)Nc1ccccc1CN. The zero-order valence-electron chi connectivity index (χ0n) is 9.83. The Morgan fingerprint density at radius 2 is 1.81 bits per heavy atom. The van der Waals surface area contributed by atoms with Crippen molar-refractivity contribution in [1.82, 2.24) is 0 Å². The number of benzene rings is 1. The summed E-state index contributed by atoms with van der Waals surface area (Å²) in [6, 6.07) is 7.49. The first-order chi connectivity index (χ1) is 7.74. The second-order valence-electron chi connectivity index (χ2n) is 3.96. The molecule has 0 spiro atoms. The van der Waals surface area contributed by atoms with Crippen LogP contribution in [0.5, 0.6) is 0 Å². The number of nitrogens with two attached hydrogens (primary N) is 1. The summed E-state index contributed by atoms with van der Waals surface area (Å²) in [6.07, 6.45) is 6.00. The quantitative estimate of drug-likeness (QED) is 0.805. The van der Waals surface area contributed by atoms with Gasteiger partial charge in [0.05, 0.1) is 0 Å². The molecular weight excluding hydrogens is 200 g/mol. The summed E-state index contributed by atoms with van der Waals surface area (Å²) in [5, 5.41) is 2.71. The van der Waals surface area contributed by atoms with Gasteiger partial charge < -0.3 is 11.1 Å². The first kappa shape index (κ1) is 12.7. The van der Waals surface area contributed by atoms with Crippen molar-refractivity contribution in [2.24, 2.45) is 5.73 Å². The Bertz CT molecular complexity index is 328. The molecule has 1 aromatic carbocycles. The van der Waals surface area contributed by atoms with E-state index in [9.17, 15) is 4.79 Å². The molecule has 0 heterocycles. The van der Waals surface area contributed by atoms with Gasteiger partial charge in [0, 0.05) is 19.2 Å². The molecular formula is C13H20N2O. The summed E-state index contributed by atoms with van der Waals surface area (Å²) in [4.78, 5) is 10.7. The fourth-order valence-electron chi connectivity index (χ4n) is 1.26. The fourth-order valence-corrected chi connectivity index (χ4v) is 1.26. The molecule has 3 nitrogen and oxygen atoms in total. The number of amides is 1. The van der Waals surface area contributed by atoms with Gasteiger partial charge in [0.25, 0.3) is 0 Å². The molecule has 0 unspecified atom stereocenters. The Labute approximate surface area is 97.0 Å². The van der Waals surface area contributed by atoms with Gasteiger partial charge >= 0.3 is 0 Å². The van der Waals surface area contributed by atoms with Gasteiger partial charge in [-0.15, -0.1) is 0 Å². The third-order valence-electron chi connectivity index (χ3n) is 2.55. The van der Waals surface area contributed by atoms with E-state index in [2.05, 4.69) is 5.32 Å². The highest BCUT2D eigenvalue weighted by Crippen LogP contribution is 2.15. The number of anilines is 1. The van der Waals surface area contributed by atoms with Crippen LogP contribution in [0.15, 0.2) is 24.3 Å². The van der Waals surface area contributed by atoms with Crippen LogP contribution in [0.1, 0.15) is 38.2 Å². The summed E-state index contributed by atoms with van der Waals surface area (Å²) in [5.74, 6) is -0.0732. The number of carbonyl (C=O) groups is 1. The molecule has 1 saturated carbocycles. The minimum absolute atomic E-state index is 0.0732. The second kappa shape index (κ2) is 7.01. The van der Waals surface area contributed by atoms with Crippen LogP contribution < -0.4 is 11.1 Å². The molecule has 3 N–H and O–H groups in total. The van der Waals surface area contributed by atoms with Crippen molar-refractivity contribution in [3.05, 3.63) is 29.8 Å². The van der Waals surface area contributed by atoms with Crippen molar-refractivity contribution in [2.45, 2.75) is 39.2 Å². The summed E-state index contributed by atoms with van der Waals surface area (Å²) in [6.45, 7) is 1.92. The van der Waals surface area contributed by atoms with Gasteiger partial charge in [0.2, 0.25) is 5.91 Å². The predicted octanol–water partition coefficient (Wildman–Crippen LogP) is 2.66. The zero-order valence-corrected chi connectivity index (χ0v) is 9.83. The van der Waals surface area contributed by atoms with Crippen LogP contribution in [-0.4, -0.2) is 5.91 Å². The minimum atomic E-state index is -0.0732. The average Bonchev–Trinajstić information content (AvgIpc) is 2.15. The molecule has 1 amide bonds. The number of rotatable bonds is 2. The maximum absolute atomic E-state index is 10.7. The summed E-state index contributed by atoms with van der Waals surface area (Å²) >= 11 is 0. The predicted molar refractivity (Wildman–Crippen MR) is 67.1 cm³/mol. The minimum Gasteiger partial charge on any atom is -0.326 e. The van der Waals surface area contributed by atoms with Crippen molar-refractivity contribution < 1.29 is 4.79 Å². The molecule has 1 aromatic rings. The maximum Gasteiger partial charge on any atom is 0.221 e. The summed E-state index contributed by atoms with van der Waals surface area (Å²) in [7, 11) is 0.